The Morgan fingerprint density at radius 2 is 1.86 bits per heavy atom. The molecule has 2 aliphatic heterocycles. The summed E-state index contributed by atoms with van der Waals surface area (Å²) in [5.74, 6) is -1.56. The lowest BCUT2D eigenvalue weighted by Gasteiger charge is -2.33. The molecule has 7 nitrogen and oxygen atoms in total. The molecule has 2 aliphatic rings. The normalized spacial score (nSPS) is 16.5. The first kappa shape index (κ1) is 29.7. The van der Waals surface area contributed by atoms with Gasteiger partial charge in [0.05, 0.1) is 17.8 Å². The fourth-order valence-corrected chi connectivity index (χ4v) is 6.33. The number of amides is 1. The molecule has 8 heteroatoms. The lowest BCUT2D eigenvalue weighted by atomic mass is 9.82. The van der Waals surface area contributed by atoms with Crippen LogP contribution in [0.4, 0.5) is 10.1 Å². The lowest BCUT2D eigenvalue weighted by Crippen LogP contribution is -2.45. The highest BCUT2D eigenvalue weighted by Crippen LogP contribution is 2.51. The number of carboxylic acid groups (broad SMARTS) is 1. The third-order valence-corrected chi connectivity index (χ3v) is 8.14. The molecular formula is C34H39FN2O5. The quantitative estimate of drug-likeness (QED) is 0.351. The number of halogens is 1. The van der Waals surface area contributed by atoms with Crippen molar-refractivity contribution < 1.29 is 28.6 Å². The fourth-order valence-electron chi connectivity index (χ4n) is 6.33. The maximum atomic E-state index is 15.7. The van der Waals surface area contributed by atoms with Crippen LogP contribution in [0.25, 0.3) is 11.1 Å². The lowest BCUT2D eigenvalue weighted by molar-refractivity contribution is -0.160. The highest BCUT2D eigenvalue weighted by Gasteiger charge is 2.44. The molecule has 1 amide bonds. The Bertz CT molecular complexity index is 1590. The molecular weight excluding hydrogens is 535 g/mol. The molecule has 0 bridgehead atoms. The van der Waals surface area contributed by atoms with Crippen LogP contribution in [0.1, 0.15) is 91.0 Å². The Balaban J connectivity index is 1.83. The van der Waals surface area contributed by atoms with E-state index in [0.717, 1.165) is 28.8 Å². The number of pyridine rings is 1. The van der Waals surface area contributed by atoms with Crippen molar-refractivity contribution in [2.45, 2.75) is 91.9 Å². The van der Waals surface area contributed by atoms with Crippen molar-refractivity contribution in [2.75, 3.05) is 11.5 Å². The van der Waals surface area contributed by atoms with E-state index in [1.165, 1.54) is 6.07 Å². The maximum Gasteiger partial charge on any atom is 0.337 e. The van der Waals surface area contributed by atoms with Crippen LogP contribution < -0.4 is 9.64 Å². The van der Waals surface area contributed by atoms with Gasteiger partial charge in [0.25, 0.3) is 5.91 Å². The number of rotatable bonds is 5. The number of fused-ring (bicyclic) bond motifs is 2. The first-order chi connectivity index (χ1) is 19.6. The van der Waals surface area contributed by atoms with Gasteiger partial charge < -0.3 is 19.5 Å². The molecule has 1 aromatic heterocycles. The number of aryl methyl sites for hydroxylation is 2. The second kappa shape index (κ2) is 10.5. The molecule has 222 valence electrons. The first-order valence-corrected chi connectivity index (χ1v) is 14.4. The van der Waals surface area contributed by atoms with Gasteiger partial charge in [-0.15, -0.1) is 0 Å². The molecule has 5 rings (SSSR count). The van der Waals surface area contributed by atoms with E-state index in [2.05, 4.69) is 4.98 Å². The molecule has 3 aromatic rings. The van der Waals surface area contributed by atoms with Crippen molar-refractivity contribution in [1.29, 1.82) is 0 Å². The molecule has 3 heterocycles. The highest BCUT2D eigenvalue weighted by atomic mass is 19.1. The average Bonchev–Trinajstić information content (AvgIpc) is 3.17. The van der Waals surface area contributed by atoms with E-state index >= 15 is 4.39 Å². The van der Waals surface area contributed by atoms with Gasteiger partial charge in [-0.3, -0.25) is 9.78 Å². The zero-order valence-corrected chi connectivity index (χ0v) is 25.6. The molecule has 1 N–H and O–H groups in total. The number of benzene rings is 2. The van der Waals surface area contributed by atoms with Crippen LogP contribution in [0, 0.1) is 26.6 Å². The SMILES string of the molecule is Cc1ccc(C(=O)N2c3cc(C)c(C(OC(C)(C)C)C(=O)O)c(-c4cc(F)c5c(c4C)CCCO5)c3CC2(C)C)cn1. The molecule has 0 saturated heterocycles. The van der Waals surface area contributed by atoms with E-state index < -0.39 is 29.0 Å². The van der Waals surface area contributed by atoms with Crippen molar-refractivity contribution in [2.24, 2.45) is 0 Å². The number of ether oxygens (including phenoxy) is 2. The van der Waals surface area contributed by atoms with Crippen LogP contribution in [0.2, 0.25) is 0 Å². The molecule has 0 spiro atoms. The van der Waals surface area contributed by atoms with Crippen LogP contribution in [-0.2, 0) is 22.4 Å². The fraction of sp³-hybridized carbons (Fsp3) is 0.441. The van der Waals surface area contributed by atoms with Crippen LogP contribution >= 0.6 is 0 Å². The van der Waals surface area contributed by atoms with Gasteiger partial charge in [0.1, 0.15) is 0 Å². The summed E-state index contributed by atoms with van der Waals surface area (Å²) in [6.07, 6.45) is 2.13. The largest absolute Gasteiger partial charge is 0.490 e. The minimum absolute atomic E-state index is 0.202. The van der Waals surface area contributed by atoms with Crippen molar-refractivity contribution in [1.82, 2.24) is 4.98 Å². The second-order valence-electron chi connectivity index (χ2n) is 13.0. The van der Waals surface area contributed by atoms with Crippen molar-refractivity contribution in [3.05, 3.63) is 75.4 Å². The summed E-state index contributed by atoms with van der Waals surface area (Å²) in [5.41, 5.74) is 5.25. The van der Waals surface area contributed by atoms with Crippen LogP contribution in [0.15, 0.2) is 30.5 Å². The summed E-state index contributed by atoms with van der Waals surface area (Å²) in [6.45, 7) is 15.5. The Morgan fingerprint density at radius 1 is 1.14 bits per heavy atom. The smallest absolute Gasteiger partial charge is 0.337 e. The number of hydrogen-bond donors (Lipinski definition) is 1. The molecule has 0 aliphatic carbocycles. The van der Waals surface area contributed by atoms with Gasteiger partial charge in [-0.2, -0.15) is 0 Å². The van der Waals surface area contributed by atoms with E-state index in [4.69, 9.17) is 9.47 Å². The molecule has 0 fully saturated rings. The summed E-state index contributed by atoms with van der Waals surface area (Å²) in [4.78, 5) is 32.9. The number of anilines is 1. The van der Waals surface area contributed by atoms with Gasteiger partial charge in [0, 0.05) is 34.2 Å². The van der Waals surface area contributed by atoms with E-state index in [0.29, 0.717) is 53.0 Å². The number of hydrogen-bond acceptors (Lipinski definition) is 5. The minimum Gasteiger partial charge on any atom is -0.490 e. The summed E-state index contributed by atoms with van der Waals surface area (Å²) in [5, 5.41) is 10.5. The van der Waals surface area contributed by atoms with Crippen molar-refractivity contribution in [3.8, 4) is 16.9 Å². The van der Waals surface area contributed by atoms with Gasteiger partial charge in [0.15, 0.2) is 17.7 Å². The maximum absolute atomic E-state index is 15.7. The Kier molecular flexibility index (Phi) is 7.42. The Labute approximate surface area is 246 Å². The van der Waals surface area contributed by atoms with Gasteiger partial charge in [0.2, 0.25) is 0 Å². The molecule has 0 radical (unpaired) electrons. The molecule has 0 saturated carbocycles. The molecule has 1 atom stereocenters. The van der Waals surface area contributed by atoms with E-state index in [1.54, 1.807) is 23.2 Å². The number of carbonyl (C=O) groups is 2. The van der Waals surface area contributed by atoms with Crippen molar-refractivity contribution >= 4 is 17.6 Å². The monoisotopic (exact) mass is 574 g/mol. The van der Waals surface area contributed by atoms with Crippen LogP contribution in [-0.4, -0.2) is 39.7 Å². The predicted octanol–water partition coefficient (Wildman–Crippen LogP) is 7.06. The third-order valence-electron chi connectivity index (χ3n) is 8.14. The second-order valence-corrected chi connectivity index (χ2v) is 13.0. The van der Waals surface area contributed by atoms with Gasteiger partial charge >= 0.3 is 5.97 Å². The third kappa shape index (κ3) is 5.17. The summed E-state index contributed by atoms with van der Waals surface area (Å²) >= 11 is 0. The minimum atomic E-state index is -1.31. The first-order valence-electron chi connectivity index (χ1n) is 14.4. The van der Waals surface area contributed by atoms with Crippen LogP contribution in [0.5, 0.6) is 5.75 Å². The van der Waals surface area contributed by atoms with Gasteiger partial charge in [-0.25, -0.2) is 9.18 Å². The number of aromatic nitrogens is 1. The van der Waals surface area contributed by atoms with E-state index in [1.807, 2.05) is 61.5 Å². The summed E-state index contributed by atoms with van der Waals surface area (Å²) < 4.78 is 27.6. The molecule has 42 heavy (non-hydrogen) atoms. The number of carboxylic acids is 1. The number of nitrogens with zero attached hydrogens (tertiary/aromatic N) is 2. The molecule has 2 aromatic carbocycles. The van der Waals surface area contributed by atoms with E-state index in [-0.39, 0.29) is 11.7 Å². The Hall–Kier alpha value is -3.78. The zero-order valence-electron chi connectivity index (χ0n) is 25.6. The number of carbonyl (C=O) groups excluding carboxylic acids is 1. The Morgan fingerprint density at radius 3 is 2.48 bits per heavy atom. The topological polar surface area (TPSA) is 89.0 Å². The predicted molar refractivity (Wildman–Crippen MR) is 160 cm³/mol. The van der Waals surface area contributed by atoms with Crippen LogP contribution in [0.3, 0.4) is 0 Å². The molecule has 1 unspecified atom stereocenters. The standard InChI is InChI=1S/C34H39FN2O5/c1-18-14-26-24(16-34(7,8)37(26)31(38)21-12-11-19(2)36-17-21)28(27(18)30(32(39)40)42-33(4,5)6)23-15-25(35)29-22(20(23)3)10-9-13-41-29/h11-12,14-15,17,30H,9-10,13,16H2,1-8H3,(H,39,40). The summed E-state index contributed by atoms with van der Waals surface area (Å²) in [7, 11) is 0. The van der Waals surface area contributed by atoms with Crippen molar-refractivity contribution in [3.63, 3.8) is 0 Å². The average molecular weight is 575 g/mol. The van der Waals surface area contributed by atoms with E-state index in [9.17, 15) is 14.7 Å². The van der Waals surface area contributed by atoms with Gasteiger partial charge in [-0.1, -0.05) is 0 Å². The zero-order chi connectivity index (χ0) is 30.7. The summed E-state index contributed by atoms with van der Waals surface area (Å²) in [6, 6.07) is 6.90. The van der Waals surface area contributed by atoms with Gasteiger partial charge in [-0.05, 0) is 127 Å². The highest BCUT2D eigenvalue weighted by molar-refractivity contribution is 6.09. The number of aliphatic carboxylic acids is 1.